The van der Waals surface area contributed by atoms with Crippen LogP contribution in [0.1, 0.15) is 15.9 Å². The van der Waals surface area contributed by atoms with Crippen molar-refractivity contribution in [3.05, 3.63) is 59.4 Å². The highest BCUT2D eigenvalue weighted by Gasteiger charge is 2.08. The molecule has 0 fully saturated rings. The molecule has 1 amide bonds. The molecule has 0 saturated heterocycles. The number of aromatic nitrogens is 1. The van der Waals surface area contributed by atoms with Crippen LogP contribution in [-0.4, -0.2) is 10.9 Å². The summed E-state index contributed by atoms with van der Waals surface area (Å²) in [4.78, 5) is 16.2. The van der Waals surface area contributed by atoms with Gasteiger partial charge >= 0.3 is 0 Å². The highest BCUT2D eigenvalue weighted by atomic mass is 32.1. The van der Waals surface area contributed by atoms with Crippen LogP contribution in [0.4, 0.5) is 9.52 Å². The van der Waals surface area contributed by atoms with E-state index in [1.165, 1.54) is 23.5 Å². The van der Waals surface area contributed by atoms with Gasteiger partial charge in [0.25, 0.3) is 5.91 Å². The fourth-order valence-corrected chi connectivity index (χ4v) is 2.79. The minimum atomic E-state index is -0.316. The average Bonchev–Trinajstić information content (AvgIpc) is 2.84. The van der Waals surface area contributed by atoms with E-state index >= 15 is 0 Å². The van der Waals surface area contributed by atoms with E-state index in [1.54, 1.807) is 30.3 Å². The first-order valence-corrected chi connectivity index (χ1v) is 7.12. The molecule has 0 atom stereocenters. The number of amides is 1. The van der Waals surface area contributed by atoms with E-state index in [9.17, 15) is 9.18 Å². The van der Waals surface area contributed by atoms with Gasteiger partial charge in [0.15, 0.2) is 5.13 Å². The summed E-state index contributed by atoms with van der Waals surface area (Å²) in [6.07, 6.45) is 0. The monoisotopic (exact) mass is 301 g/mol. The first-order chi connectivity index (χ1) is 10.1. The number of halogens is 1. The van der Waals surface area contributed by atoms with Crippen molar-refractivity contribution in [2.24, 2.45) is 0 Å². The Balaban J connectivity index is 1.74. The van der Waals surface area contributed by atoms with Gasteiger partial charge in [0, 0.05) is 12.1 Å². The number of thiazole rings is 1. The average molecular weight is 301 g/mol. The van der Waals surface area contributed by atoms with Gasteiger partial charge in [0.2, 0.25) is 0 Å². The predicted molar refractivity (Wildman–Crippen MR) is 81.6 cm³/mol. The maximum atomic E-state index is 13.1. The zero-order valence-electron chi connectivity index (χ0n) is 11.0. The Bertz CT molecular complexity index is 816. The summed E-state index contributed by atoms with van der Waals surface area (Å²) in [7, 11) is 0. The number of carbonyl (C=O) groups excluding carboxylic acids is 1. The van der Waals surface area contributed by atoms with E-state index in [1.807, 2.05) is 0 Å². The van der Waals surface area contributed by atoms with E-state index in [2.05, 4.69) is 10.3 Å². The molecule has 3 rings (SSSR count). The smallest absolute Gasteiger partial charge is 0.251 e. The van der Waals surface area contributed by atoms with Crippen molar-refractivity contribution in [3.63, 3.8) is 0 Å². The number of anilines is 1. The van der Waals surface area contributed by atoms with Crippen LogP contribution in [0.2, 0.25) is 0 Å². The van der Waals surface area contributed by atoms with Crippen molar-refractivity contribution in [3.8, 4) is 0 Å². The summed E-state index contributed by atoms with van der Waals surface area (Å²) in [6, 6.07) is 11.4. The molecule has 6 heteroatoms. The third-order valence-electron chi connectivity index (χ3n) is 3.01. The second-order valence-corrected chi connectivity index (χ2v) is 5.61. The van der Waals surface area contributed by atoms with Crippen LogP contribution in [-0.2, 0) is 6.54 Å². The van der Waals surface area contributed by atoms with Gasteiger partial charge in [-0.3, -0.25) is 4.79 Å². The molecular formula is C15H12FN3OS. The minimum absolute atomic E-state index is 0.215. The molecule has 1 heterocycles. The molecule has 0 unspecified atom stereocenters. The first-order valence-electron chi connectivity index (χ1n) is 6.30. The van der Waals surface area contributed by atoms with Crippen molar-refractivity contribution >= 4 is 32.6 Å². The molecule has 106 valence electrons. The van der Waals surface area contributed by atoms with Crippen molar-refractivity contribution in [2.75, 3.05) is 5.73 Å². The van der Waals surface area contributed by atoms with Crippen LogP contribution in [0, 0.1) is 5.82 Å². The second-order valence-electron chi connectivity index (χ2n) is 4.55. The molecule has 3 aromatic rings. The molecule has 0 spiro atoms. The SMILES string of the molecule is Nc1nc2ccc(C(=O)NCc3cccc(F)c3)cc2s1. The van der Waals surface area contributed by atoms with Crippen molar-refractivity contribution in [2.45, 2.75) is 6.54 Å². The molecule has 0 bridgehead atoms. The zero-order valence-corrected chi connectivity index (χ0v) is 11.8. The maximum Gasteiger partial charge on any atom is 0.251 e. The van der Waals surface area contributed by atoms with Crippen LogP contribution in [0.25, 0.3) is 10.2 Å². The molecule has 21 heavy (non-hydrogen) atoms. The normalized spacial score (nSPS) is 10.7. The van der Waals surface area contributed by atoms with E-state index in [0.29, 0.717) is 16.3 Å². The van der Waals surface area contributed by atoms with E-state index in [-0.39, 0.29) is 18.3 Å². The van der Waals surface area contributed by atoms with Gasteiger partial charge in [-0.2, -0.15) is 0 Å². The Morgan fingerprint density at radius 2 is 2.14 bits per heavy atom. The maximum absolute atomic E-state index is 13.1. The summed E-state index contributed by atoms with van der Waals surface area (Å²) >= 11 is 1.34. The van der Waals surface area contributed by atoms with Crippen LogP contribution >= 0.6 is 11.3 Å². The third-order valence-corrected chi connectivity index (χ3v) is 3.86. The topological polar surface area (TPSA) is 68.0 Å². The molecular weight excluding hydrogens is 289 g/mol. The Kier molecular flexibility index (Phi) is 3.53. The highest BCUT2D eigenvalue weighted by molar-refractivity contribution is 7.22. The van der Waals surface area contributed by atoms with Gasteiger partial charge < -0.3 is 11.1 Å². The van der Waals surface area contributed by atoms with Gasteiger partial charge in [-0.15, -0.1) is 0 Å². The number of fused-ring (bicyclic) bond motifs is 1. The Morgan fingerprint density at radius 1 is 1.29 bits per heavy atom. The van der Waals surface area contributed by atoms with Crippen LogP contribution < -0.4 is 11.1 Å². The number of benzene rings is 2. The quantitative estimate of drug-likeness (QED) is 0.781. The fourth-order valence-electron chi connectivity index (χ4n) is 2.02. The Morgan fingerprint density at radius 3 is 2.95 bits per heavy atom. The minimum Gasteiger partial charge on any atom is -0.375 e. The molecule has 4 nitrogen and oxygen atoms in total. The summed E-state index contributed by atoms with van der Waals surface area (Å²) in [5.74, 6) is -0.531. The number of hydrogen-bond donors (Lipinski definition) is 2. The molecule has 0 radical (unpaired) electrons. The summed E-state index contributed by atoms with van der Waals surface area (Å²) in [5, 5.41) is 3.24. The van der Waals surface area contributed by atoms with Crippen LogP contribution in [0.15, 0.2) is 42.5 Å². The molecule has 0 aliphatic rings. The van der Waals surface area contributed by atoms with Crippen molar-refractivity contribution in [1.29, 1.82) is 0 Å². The predicted octanol–water partition coefficient (Wildman–Crippen LogP) is 2.95. The number of rotatable bonds is 3. The van der Waals surface area contributed by atoms with E-state index < -0.39 is 0 Å². The second kappa shape index (κ2) is 5.49. The lowest BCUT2D eigenvalue weighted by Crippen LogP contribution is -2.22. The van der Waals surface area contributed by atoms with Gasteiger partial charge in [-0.1, -0.05) is 23.5 Å². The third kappa shape index (κ3) is 3.00. The molecule has 0 saturated carbocycles. The summed E-state index contributed by atoms with van der Waals surface area (Å²) < 4.78 is 13.9. The van der Waals surface area contributed by atoms with E-state index in [4.69, 9.17) is 5.73 Å². The summed E-state index contributed by atoms with van der Waals surface area (Å²) in [6.45, 7) is 0.277. The number of nitrogens with zero attached hydrogens (tertiary/aromatic N) is 1. The van der Waals surface area contributed by atoms with Gasteiger partial charge in [0.05, 0.1) is 10.2 Å². The Hall–Kier alpha value is -2.47. The standard InChI is InChI=1S/C15H12FN3OS/c16-11-3-1-2-9(6-11)8-18-14(20)10-4-5-12-13(7-10)21-15(17)19-12/h1-7H,8H2,(H2,17,19)(H,18,20). The molecule has 0 aliphatic heterocycles. The number of hydrogen-bond acceptors (Lipinski definition) is 4. The van der Waals surface area contributed by atoms with Gasteiger partial charge in [0.1, 0.15) is 5.82 Å². The van der Waals surface area contributed by atoms with E-state index in [0.717, 1.165) is 10.2 Å². The summed E-state index contributed by atoms with van der Waals surface area (Å²) in [5.41, 5.74) is 7.66. The fraction of sp³-hybridized carbons (Fsp3) is 0.0667. The lowest BCUT2D eigenvalue weighted by Gasteiger charge is -2.05. The van der Waals surface area contributed by atoms with Gasteiger partial charge in [-0.25, -0.2) is 9.37 Å². The molecule has 3 N–H and O–H groups in total. The van der Waals surface area contributed by atoms with Crippen LogP contribution in [0.5, 0.6) is 0 Å². The van der Waals surface area contributed by atoms with Gasteiger partial charge in [-0.05, 0) is 35.9 Å². The molecule has 0 aliphatic carbocycles. The number of nitrogen functional groups attached to an aromatic ring is 1. The first kappa shape index (κ1) is 13.5. The van der Waals surface area contributed by atoms with Crippen LogP contribution in [0.3, 0.4) is 0 Å². The molecule has 1 aromatic heterocycles. The highest BCUT2D eigenvalue weighted by Crippen LogP contribution is 2.24. The number of nitrogens with one attached hydrogen (secondary N) is 1. The number of carbonyl (C=O) groups is 1. The lowest BCUT2D eigenvalue weighted by atomic mass is 10.2. The zero-order chi connectivity index (χ0) is 14.8. The van der Waals surface area contributed by atoms with Crippen molar-refractivity contribution < 1.29 is 9.18 Å². The largest absolute Gasteiger partial charge is 0.375 e. The lowest BCUT2D eigenvalue weighted by molar-refractivity contribution is 0.0951. The number of nitrogens with two attached hydrogens (primary N) is 1. The Labute approximate surface area is 124 Å². The molecule has 2 aromatic carbocycles. The van der Waals surface area contributed by atoms with Crippen molar-refractivity contribution in [1.82, 2.24) is 10.3 Å².